The molecule has 90 valence electrons. The number of nitrogens with zero attached hydrogens (tertiary/aromatic N) is 3. The molecule has 0 spiro atoms. The molecule has 0 saturated carbocycles. The molecule has 0 aliphatic heterocycles. The third-order valence-corrected chi connectivity index (χ3v) is 3.20. The van der Waals surface area contributed by atoms with Crippen molar-refractivity contribution in [1.29, 1.82) is 5.26 Å². The Kier molecular flexibility index (Phi) is 3.77. The van der Waals surface area contributed by atoms with E-state index in [1.165, 1.54) is 6.33 Å². The summed E-state index contributed by atoms with van der Waals surface area (Å²) in [5, 5.41) is 9.23. The summed E-state index contributed by atoms with van der Waals surface area (Å²) in [6, 6.07) is 7.59. The minimum atomic E-state index is 0.560. The second-order valence-corrected chi connectivity index (χ2v) is 4.26. The van der Waals surface area contributed by atoms with Crippen LogP contribution >= 0.6 is 23.0 Å². The SMILES string of the molecule is Cc1ncnc(C)c1-c1ccc(OI)cc1C#N. The molecule has 0 fully saturated rings. The first-order valence-corrected chi connectivity index (χ1v) is 6.16. The zero-order valence-corrected chi connectivity index (χ0v) is 12.1. The first kappa shape index (κ1) is 12.8. The van der Waals surface area contributed by atoms with Crippen LogP contribution in [0.15, 0.2) is 24.5 Å². The smallest absolute Gasteiger partial charge is 0.192 e. The van der Waals surface area contributed by atoms with Gasteiger partial charge in [0.25, 0.3) is 0 Å². The Morgan fingerprint density at radius 3 is 2.44 bits per heavy atom. The summed E-state index contributed by atoms with van der Waals surface area (Å²) in [7, 11) is 0. The van der Waals surface area contributed by atoms with Crippen molar-refractivity contribution in [1.82, 2.24) is 9.97 Å². The summed E-state index contributed by atoms with van der Waals surface area (Å²) >= 11 is 1.79. The van der Waals surface area contributed by atoms with Crippen LogP contribution < -0.4 is 3.07 Å². The summed E-state index contributed by atoms with van der Waals surface area (Å²) < 4.78 is 5.10. The largest absolute Gasteiger partial charge is 0.428 e. The molecular formula is C13H10IN3O. The third-order valence-electron chi connectivity index (χ3n) is 2.70. The summed E-state index contributed by atoms with van der Waals surface area (Å²) in [5.41, 5.74) is 4.04. The zero-order chi connectivity index (χ0) is 13.1. The van der Waals surface area contributed by atoms with E-state index in [0.717, 1.165) is 22.5 Å². The number of aryl methyl sites for hydroxylation is 2. The lowest BCUT2D eigenvalue weighted by atomic mass is 9.98. The molecule has 0 atom stereocenters. The highest BCUT2D eigenvalue weighted by Gasteiger charge is 2.12. The molecule has 1 aromatic carbocycles. The van der Waals surface area contributed by atoms with Crippen molar-refractivity contribution in [2.45, 2.75) is 13.8 Å². The topological polar surface area (TPSA) is 58.8 Å². The van der Waals surface area contributed by atoms with Gasteiger partial charge in [0.2, 0.25) is 0 Å². The van der Waals surface area contributed by atoms with E-state index in [1.807, 2.05) is 26.0 Å². The van der Waals surface area contributed by atoms with Gasteiger partial charge in [-0.15, -0.1) is 0 Å². The maximum absolute atomic E-state index is 9.23. The van der Waals surface area contributed by atoms with E-state index < -0.39 is 0 Å². The van der Waals surface area contributed by atoms with Crippen molar-refractivity contribution in [3.63, 3.8) is 0 Å². The van der Waals surface area contributed by atoms with Crippen molar-refractivity contribution in [2.24, 2.45) is 0 Å². The fourth-order valence-electron chi connectivity index (χ4n) is 1.86. The standard InChI is InChI=1S/C13H10IN3O/c1-8-13(9(2)17-7-16-8)12-4-3-11(18-14)5-10(12)6-15/h3-5,7H,1-2H3. The zero-order valence-electron chi connectivity index (χ0n) is 9.94. The number of benzene rings is 1. The van der Waals surface area contributed by atoms with Crippen LogP contribution in [0.2, 0.25) is 0 Å². The second-order valence-electron chi connectivity index (χ2n) is 3.82. The lowest BCUT2D eigenvalue weighted by molar-refractivity contribution is 0.717. The lowest BCUT2D eigenvalue weighted by Gasteiger charge is -2.10. The number of aromatic nitrogens is 2. The van der Waals surface area contributed by atoms with Gasteiger partial charge in [-0.05, 0) is 32.0 Å². The molecule has 0 N–H and O–H groups in total. The van der Waals surface area contributed by atoms with Crippen LogP contribution in [-0.2, 0) is 0 Å². The molecule has 2 aromatic rings. The quantitative estimate of drug-likeness (QED) is 0.779. The van der Waals surface area contributed by atoms with Crippen molar-refractivity contribution in [2.75, 3.05) is 0 Å². The van der Waals surface area contributed by atoms with Crippen molar-refractivity contribution in [3.8, 4) is 22.9 Å². The fraction of sp³-hybridized carbons (Fsp3) is 0.154. The van der Waals surface area contributed by atoms with E-state index >= 15 is 0 Å². The summed E-state index contributed by atoms with van der Waals surface area (Å²) in [6.07, 6.45) is 1.53. The molecule has 0 amide bonds. The predicted octanol–water partition coefficient (Wildman–Crippen LogP) is 3.36. The molecule has 0 bridgehead atoms. The Bertz CT molecular complexity index is 614. The highest BCUT2D eigenvalue weighted by Crippen LogP contribution is 2.30. The first-order valence-electron chi connectivity index (χ1n) is 5.28. The van der Waals surface area contributed by atoms with Gasteiger partial charge in [-0.25, -0.2) is 9.97 Å². The molecule has 18 heavy (non-hydrogen) atoms. The Hall–Kier alpha value is -1.68. The normalized spacial score (nSPS) is 9.89. The number of rotatable bonds is 2. The molecule has 0 aliphatic rings. The van der Waals surface area contributed by atoms with Crippen LogP contribution in [0.1, 0.15) is 17.0 Å². The van der Waals surface area contributed by atoms with Gasteiger partial charge in [-0.2, -0.15) is 5.26 Å². The summed E-state index contributed by atoms with van der Waals surface area (Å²) in [6.45, 7) is 3.82. The van der Waals surface area contributed by atoms with Crippen molar-refractivity contribution >= 4 is 23.0 Å². The van der Waals surface area contributed by atoms with Gasteiger partial charge in [0.1, 0.15) is 12.1 Å². The van der Waals surface area contributed by atoms with E-state index in [2.05, 4.69) is 16.0 Å². The molecule has 0 aliphatic carbocycles. The van der Waals surface area contributed by atoms with Crippen LogP contribution in [0.4, 0.5) is 0 Å². The Morgan fingerprint density at radius 1 is 1.22 bits per heavy atom. The number of halogens is 1. The number of nitriles is 1. The lowest BCUT2D eigenvalue weighted by Crippen LogP contribution is -1.96. The van der Waals surface area contributed by atoms with Crippen molar-refractivity contribution < 1.29 is 3.07 Å². The van der Waals surface area contributed by atoms with Gasteiger partial charge in [0, 0.05) is 22.5 Å². The third kappa shape index (κ3) is 2.29. The van der Waals surface area contributed by atoms with Crippen LogP contribution in [0.25, 0.3) is 11.1 Å². The number of hydrogen-bond acceptors (Lipinski definition) is 4. The molecular weight excluding hydrogens is 341 g/mol. The Balaban J connectivity index is 2.69. The summed E-state index contributed by atoms with van der Waals surface area (Å²) in [4.78, 5) is 8.36. The monoisotopic (exact) mass is 351 g/mol. The maximum Gasteiger partial charge on any atom is 0.192 e. The highest BCUT2D eigenvalue weighted by molar-refractivity contribution is 14.1. The van der Waals surface area contributed by atoms with Crippen LogP contribution in [-0.4, -0.2) is 9.97 Å². The number of hydrogen-bond donors (Lipinski definition) is 0. The fourth-order valence-corrected chi connectivity index (χ4v) is 2.14. The summed E-state index contributed by atoms with van der Waals surface area (Å²) in [5.74, 6) is 0.656. The molecule has 0 saturated heterocycles. The van der Waals surface area contributed by atoms with Gasteiger partial charge in [0.15, 0.2) is 23.0 Å². The molecule has 1 heterocycles. The van der Waals surface area contributed by atoms with Gasteiger partial charge in [-0.3, -0.25) is 0 Å². The van der Waals surface area contributed by atoms with Gasteiger partial charge >= 0.3 is 0 Å². The molecule has 2 rings (SSSR count). The van der Waals surface area contributed by atoms with E-state index in [0.29, 0.717) is 11.3 Å². The van der Waals surface area contributed by atoms with Crippen LogP contribution in [0, 0.1) is 25.2 Å². The highest BCUT2D eigenvalue weighted by atomic mass is 127. The van der Waals surface area contributed by atoms with Crippen LogP contribution in [0.3, 0.4) is 0 Å². The van der Waals surface area contributed by atoms with E-state index in [9.17, 15) is 5.26 Å². The van der Waals surface area contributed by atoms with Gasteiger partial charge in [0.05, 0.1) is 11.6 Å². The molecule has 5 heteroatoms. The van der Waals surface area contributed by atoms with Gasteiger partial charge in [-0.1, -0.05) is 0 Å². The minimum absolute atomic E-state index is 0.560. The molecule has 1 aromatic heterocycles. The molecule has 0 radical (unpaired) electrons. The minimum Gasteiger partial charge on any atom is -0.428 e. The Morgan fingerprint density at radius 2 is 1.89 bits per heavy atom. The van der Waals surface area contributed by atoms with Crippen molar-refractivity contribution in [3.05, 3.63) is 41.5 Å². The first-order chi connectivity index (χ1) is 8.67. The predicted molar refractivity (Wildman–Crippen MR) is 76.3 cm³/mol. The molecule has 0 unspecified atom stereocenters. The average molecular weight is 351 g/mol. The van der Waals surface area contributed by atoms with E-state index in [1.54, 1.807) is 29.1 Å². The average Bonchev–Trinajstić information content (AvgIpc) is 2.38. The van der Waals surface area contributed by atoms with E-state index in [-0.39, 0.29) is 0 Å². The van der Waals surface area contributed by atoms with Crippen LogP contribution in [0.5, 0.6) is 5.75 Å². The Labute approximate surface area is 119 Å². The van der Waals surface area contributed by atoms with E-state index in [4.69, 9.17) is 3.07 Å². The maximum atomic E-state index is 9.23. The molecule has 4 nitrogen and oxygen atoms in total. The second kappa shape index (κ2) is 5.31. The van der Waals surface area contributed by atoms with Gasteiger partial charge < -0.3 is 3.07 Å².